The Morgan fingerprint density at radius 3 is 2.16 bits per heavy atom. The van der Waals surface area contributed by atoms with Crippen molar-refractivity contribution in [3.8, 4) is 0 Å². The summed E-state index contributed by atoms with van der Waals surface area (Å²) >= 11 is 0. The Morgan fingerprint density at radius 2 is 1.63 bits per heavy atom. The van der Waals surface area contributed by atoms with Crippen LogP contribution >= 0.6 is 0 Å². The summed E-state index contributed by atoms with van der Waals surface area (Å²) in [6.45, 7) is 1.55. The first-order valence-corrected chi connectivity index (χ1v) is 6.00. The molecule has 2 rings (SSSR count). The van der Waals surface area contributed by atoms with Crippen LogP contribution in [-0.4, -0.2) is 11.7 Å². The van der Waals surface area contributed by atoms with Crippen molar-refractivity contribution in [1.82, 2.24) is 0 Å². The van der Waals surface area contributed by atoms with Gasteiger partial charge in [-0.1, -0.05) is 23.8 Å². The summed E-state index contributed by atoms with van der Waals surface area (Å²) in [5.41, 5.74) is 1.64. The van der Waals surface area contributed by atoms with Crippen molar-refractivity contribution in [2.75, 3.05) is 11.9 Å². The van der Waals surface area contributed by atoms with Crippen LogP contribution in [0.2, 0.25) is 0 Å². The lowest BCUT2D eigenvalue weighted by Crippen LogP contribution is -2.18. The van der Waals surface area contributed by atoms with Crippen LogP contribution in [-0.2, 0) is 0 Å². The minimum Gasteiger partial charge on any atom is -0.394 e. The zero-order valence-corrected chi connectivity index (χ0v) is 10.5. The number of aliphatic hydroxyl groups excluding tert-OH is 1. The second-order valence-corrected chi connectivity index (χ2v) is 4.38. The molecule has 0 aliphatic rings. The maximum atomic E-state index is 13.7. The summed E-state index contributed by atoms with van der Waals surface area (Å²) in [6.07, 6.45) is 0. The molecule has 0 aliphatic carbocycles. The summed E-state index contributed by atoms with van der Waals surface area (Å²) < 4.78 is 27.3. The van der Waals surface area contributed by atoms with Gasteiger partial charge in [0.15, 0.2) is 0 Å². The lowest BCUT2D eigenvalue weighted by molar-refractivity contribution is 0.271. The molecule has 2 N–H and O–H groups in total. The van der Waals surface area contributed by atoms with Crippen LogP contribution in [0.25, 0.3) is 0 Å². The van der Waals surface area contributed by atoms with Crippen molar-refractivity contribution < 1.29 is 13.9 Å². The van der Waals surface area contributed by atoms with Crippen LogP contribution in [0.3, 0.4) is 0 Å². The summed E-state index contributed by atoms with van der Waals surface area (Å²) in [6, 6.07) is 10.2. The third kappa shape index (κ3) is 3.09. The highest BCUT2D eigenvalue weighted by molar-refractivity contribution is 5.47. The molecule has 4 heteroatoms. The van der Waals surface area contributed by atoms with Gasteiger partial charge in [0.1, 0.15) is 11.6 Å². The number of benzene rings is 2. The van der Waals surface area contributed by atoms with E-state index in [9.17, 15) is 13.9 Å². The first-order valence-electron chi connectivity index (χ1n) is 6.00. The van der Waals surface area contributed by atoms with Gasteiger partial charge in [0.25, 0.3) is 0 Å². The minimum absolute atomic E-state index is 0.148. The Labute approximate surface area is 110 Å². The topological polar surface area (TPSA) is 32.3 Å². The van der Waals surface area contributed by atoms with Gasteiger partial charge in [-0.3, -0.25) is 0 Å². The zero-order valence-electron chi connectivity index (χ0n) is 10.5. The number of aliphatic hydroxyl groups is 1. The molecule has 0 heterocycles. The number of rotatable bonds is 4. The van der Waals surface area contributed by atoms with Gasteiger partial charge in [-0.15, -0.1) is 0 Å². The van der Waals surface area contributed by atoms with Gasteiger partial charge in [-0.25, -0.2) is 8.78 Å². The predicted octanol–water partition coefficient (Wildman–Crippen LogP) is 3.42. The first-order chi connectivity index (χ1) is 9.11. The van der Waals surface area contributed by atoms with Crippen molar-refractivity contribution in [3.63, 3.8) is 0 Å². The van der Waals surface area contributed by atoms with Crippen molar-refractivity contribution >= 4 is 5.69 Å². The maximum Gasteiger partial charge on any atom is 0.131 e. The van der Waals surface area contributed by atoms with Gasteiger partial charge in [-0.05, 0) is 31.2 Å². The van der Waals surface area contributed by atoms with Crippen LogP contribution < -0.4 is 5.32 Å². The van der Waals surface area contributed by atoms with E-state index in [0.717, 1.165) is 5.56 Å². The van der Waals surface area contributed by atoms with Crippen molar-refractivity contribution in [1.29, 1.82) is 0 Å². The fourth-order valence-electron chi connectivity index (χ4n) is 1.90. The Morgan fingerprint density at radius 1 is 1.05 bits per heavy atom. The largest absolute Gasteiger partial charge is 0.394 e. The van der Waals surface area contributed by atoms with Gasteiger partial charge in [0.2, 0.25) is 0 Å². The molecule has 0 aliphatic heterocycles. The second kappa shape index (κ2) is 5.80. The predicted molar refractivity (Wildman–Crippen MR) is 71.0 cm³/mol. The van der Waals surface area contributed by atoms with Crippen LogP contribution in [0.4, 0.5) is 14.5 Å². The van der Waals surface area contributed by atoms with Crippen LogP contribution in [0, 0.1) is 18.6 Å². The Kier molecular flexibility index (Phi) is 4.12. The van der Waals surface area contributed by atoms with Gasteiger partial charge in [-0.2, -0.15) is 0 Å². The van der Waals surface area contributed by atoms with Crippen LogP contribution in [0.5, 0.6) is 0 Å². The fraction of sp³-hybridized carbons (Fsp3) is 0.200. The molecule has 0 bridgehead atoms. The number of nitrogens with one attached hydrogen (secondary N) is 1. The molecular formula is C15H15F2NO. The number of hydrogen-bond donors (Lipinski definition) is 2. The molecule has 0 aromatic heterocycles. The lowest BCUT2D eigenvalue weighted by Gasteiger charge is -2.19. The molecule has 1 unspecified atom stereocenters. The SMILES string of the molecule is Cc1ccc(NC(CO)c2c(F)cccc2F)cc1. The van der Waals surface area contributed by atoms with Gasteiger partial charge >= 0.3 is 0 Å². The van der Waals surface area contributed by atoms with Gasteiger partial charge in [0.05, 0.1) is 12.6 Å². The van der Waals surface area contributed by atoms with E-state index >= 15 is 0 Å². The van der Waals surface area contributed by atoms with Gasteiger partial charge < -0.3 is 10.4 Å². The molecule has 0 spiro atoms. The van der Waals surface area contributed by atoms with Crippen molar-refractivity contribution in [3.05, 3.63) is 65.2 Å². The Hall–Kier alpha value is -1.94. The van der Waals surface area contributed by atoms with Crippen molar-refractivity contribution in [2.24, 2.45) is 0 Å². The van der Waals surface area contributed by atoms with E-state index < -0.39 is 24.3 Å². The molecular weight excluding hydrogens is 248 g/mol. The van der Waals surface area contributed by atoms with E-state index in [4.69, 9.17) is 0 Å². The normalized spacial score (nSPS) is 12.2. The standard InChI is InChI=1S/C15H15F2NO/c1-10-5-7-11(8-6-10)18-14(9-19)15-12(16)3-2-4-13(15)17/h2-8,14,18-19H,9H2,1H3. The van der Waals surface area contributed by atoms with E-state index in [1.165, 1.54) is 18.2 Å². The van der Waals surface area contributed by atoms with Crippen molar-refractivity contribution in [2.45, 2.75) is 13.0 Å². The molecule has 0 radical (unpaired) electrons. The number of hydrogen-bond acceptors (Lipinski definition) is 2. The minimum atomic E-state index is -0.816. The average Bonchev–Trinajstić information content (AvgIpc) is 2.39. The number of aryl methyl sites for hydroxylation is 1. The molecule has 1 atom stereocenters. The Bertz CT molecular complexity index is 534. The average molecular weight is 263 g/mol. The smallest absolute Gasteiger partial charge is 0.131 e. The van der Waals surface area contributed by atoms with Crippen LogP contribution in [0.1, 0.15) is 17.2 Å². The van der Waals surface area contributed by atoms with E-state index in [2.05, 4.69) is 5.32 Å². The molecule has 19 heavy (non-hydrogen) atoms. The highest BCUT2D eigenvalue weighted by Crippen LogP contribution is 2.24. The maximum absolute atomic E-state index is 13.7. The molecule has 0 fully saturated rings. The summed E-state index contributed by atoms with van der Waals surface area (Å²) in [5.74, 6) is -1.34. The van der Waals surface area contributed by atoms with Gasteiger partial charge in [0, 0.05) is 11.3 Å². The molecule has 0 saturated carbocycles. The monoisotopic (exact) mass is 263 g/mol. The molecule has 2 aromatic rings. The molecule has 2 aromatic carbocycles. The van der Waals surface area contributed by atoms with Crippen LogP contribution in [0.15, 0.2) is 42.5 Å². The summed E-state index contributed by atoms with van der Waals surface area (Å²) in [5, 5.41) is 12.3. The first kappa shape index (κ1) is 13.5. The highest BCUT2D eigenvalue weighted by Gasteiger charge is 2.19. The Balaban J connectivity index is 2.27. The third-order valence-corrected chi connectivity index (χ3v) is 2.92. The summed E-state index contributed by atoms with van der Waals surface area (Å²) in [7, 11) is 0. The number of halogens is 2. The fourth-order valence-corrected chi connectivity index (χ4v) is 1.90. The second-order valence-electron chi connectivity index (χ2n) is 4.38. The van der Waals surface area contributed by atoms with E-state index in [-0.39, 0.29) is 5.56 Å². The van der Waals surface area contributed by atoms with E-state index in [0.29, 0.717) is 5.69 Å². The molecule has 0 amide bonds. The molecule has 0 saturated heterocycles. The lowest BCUT2D eigenvalue weighted by atomic mass is 10.1. The highest BCUT2D eigenvalue weighted by atomic mass is 19.1. The van der Waals surface area contributed by atoms with E-state index in [1.807, 2.05) is 19.1 Å². The molecule has 100 valence electrons. The number of anilines is 1. The van der Waals surface area contributed by atoms with E-state index in [1.54, 1.807) is 12.1 Å². The third-order valence-electron chi connectivity index (χ3n) is 2.92. The zero-order chi connectivity index (χ0) is 13.8. The quantitative estimate of drug-likeness (QED) is 0.886. The summed E-state index contributed by atoms with van der Waals surface area (Å²) in [4.78, 5) is 0. The molecule has 2 nitrogen and oxygen atoms in total.